The Morgan fingerprint density at radius 3 is 3.33 bits per heavy atom. The molecule has 1 fully saturated rings. The van der Waals surface area contributed by atoms with Crippen molar-refractivity contribution in [3.05, 3.63) is 0 Å². The predicted molar refractivity (Wildman–Crippen MR) is 32.6 cm³/mol. The van der Waals surface area contributed by atoms with Crippen LogP contribution in [0.3, 0.4) is 0 Å². The van der Waals surface area contributed by atoms with Crippen LogP contribution >= 0.6 is 8.73 Å². The van der Waals surface area contributed by atoms with Gasteiger partial charge in [-0.05, 0) is 24.3 Å². The molecule has 0 amide bonds. The van der Waals surface area contributed by atoms with Crippen LogP contribution in [-0.4, -0.2) is 12.8 Å². The molecule has 0 bridgehead atoms. The lowest BCUT2D eigenvalue weighted by Gasteiger charge is -2.16. The molecule has 0 aliphatic carbocycles. The largest absolute Gasteiger partial charge is 0.456 e. The third-order valence-corrected chi connectivity index (χ3v) is 1.96. The van der Waals surface area contributed by atoms with E-state index in [9.17, 15) is 5.26 Å². The molecular formula is C4H10NO3P. The van der Waals surface area contributed by atoms with Crippen molar-refractivity contribution in [2.45, 2.75) is 12.8 Å². The fourth-order valence-electron chi connectivity index (χ4n) is 0.589. The summed E-state index contributed by atoms with van der Waals surface area (Å²) in [6.07, 6.45) is 3.18. The molecule has 0 aromatic heterocycles. The van der Waals surface area contributed by atoms with Gasteiger partial charge in [0.2, 0.25) is 0 Å². The summed E-state index contributed by atoms with van der Waals surface area (Å²) in [4.78, 5) is 4.57. The van der Waals surface area contributed by atoms with Crippen molar-refractivity contribution >= 4 is 8.73 Å². The van der Waals surface area contributed by atoms with Crippen LogP contribution in [0.15, 0.2) is 0 Å². The molecule has 0 aromatic carbocycles. The lowest BCUT2D eigenvalue weighted by Crippen LogP contribution is -2.35. The Morgan fingerprint density at radius 1 is 1.56 bits per heavy atom. The molecule has 4 nitrogen and oxygen atoms in total. The van der Waals surface area contributed by atoms with Crippen molar-refractivity contribution in [3.8, 4) is 0 Å². The molecule has 0 saturated carbocycles. The maximum atomic E-state index is 10.3. The molecule has 1 aliphatic rings. The molecule has 1 atom stereocenters. The van der Waals surface area contributed by atoms with E-state index in [-0.39, 0.29) is 0 Å². The summed E-state index contributed by atoms with van der Waals surface area (Å²) in [6, 6.07) is 0. The Bertz CT molecular complexity index is 74.2. The first-order valence-electron chi connectivity index (χ1n) is 2.93. The zero-order valence-electron chi connectivity index (χ0n) is 5.05. The van der Waals surface area contributed by atoms with Gasteiger partial charge < -0.3 is 5.26 Å². The second kappa shape index (κ2) is 4.14. The number of rotatable bonds is 0. The van der Waals surface area contributed by atoms with Crippen LogP contribution < -0.4 is 10.5 Å². The average Bonchev–Trinajstić information content (AvgIpc) is 1.79. The highest BCUT2D eigenvalue weighted by Crippen LogP contribution is 2.11. The van der Waals surface area contributed by atoms with Crippen LogP contribution in [0, 0.1) is 0 Å². The van der Waals surface area contributed by atoms with Gasteiger partial charge in [0.25, 0.3) is 0 Å². The molecule has 1 aliphatic heterocycles. The van der Waals surface area contributed by atoms with Gasteiger partial charge in [0.1, 0.15) is 6.61 Å². The highest BCUT2D eigenvalue weighted by Gasteiger charge is 2.04. The van der Waals surface area contributed by atoms with E-state index >= 15 is 0 Å². The maximum Gasteiger partial charge on any atom is 0.132 e. The first kappa shape index (κ1) is 7.38. The molecule has 1 N–H and O–H groups in total. The van der Waals surface area contributed by atoms with Crippen LogP contribution in [0.2, 0.25) is 0 Å². The fraction of sp³-hybridized carbons (Fsp3) is 1.00. The van der Waals surface area contributed by atoms with Gasteiger partial charge in [0.15, 0.2) is 0 Å². The summed E-state index contributed by atoms with van der Waals surface area (Å²) < 4.78 is 1.17. The summed E-state index contributed by atoms with van der Waals surface area (Å²) in [5.74, 6) is 0. The van der Waals surface area contributed by atoms with Crippen LogP contribution in [0.4, 0.5) is 0 Å². The van der Waals surface area contributed by atoms with E-state index < -0.39 is 0 Å². The Morgan fingerprint density at radius 2 is 2.44 bits per heavy atom. The molecule has 0 spiro atoms. The highest BCUT2D eigenvalue weighted by molar-refractivity contribution is 7.35. The van der Waals surface area contributed by atoms with Crippen molar-refractivity contribution in [2.24, 2.45) is 0 Å². The van der Waals surface area contributed by atoms with Crippen LogP contribution in [-0.2, 0) is 9.66 Å². The minimum absolute atomic E-state index is 0.472. The van der Waals surface area contributed by atoms with Gasteiger partial charge in [-0.2, -0.15) is 0 Å². The van der Waals surface area contributed by atoms with E-state index in [1.165, 1.54) is 4.77 Å². The SMILES string of the molecule is [O-][O+]1NPCCCCO1. The van der Waals surface area contributed by atoms with Gasteiger partial charge in [-0.15, -0.1) is 4.77 Å². The van der Waals surface area contributed by atoms with E-state index in [1.54, 1.807) is 0 Å². The zero-order chi connectivity index (χ0) is 6.53. The summed E-state index contributed by atoms with van der Waals surface area (Å²) >= 11 is 0. The predicted octanol–water partition coefficient (Wildman–Crippen LogP) is -0.363. The molecular weight excluding hydrogens is 141 g/mol. The molecule has 1 unspecified atom stereocenters. The standard InChI is InChI=1S/C4H10NO3P/c6-8-5-9-4-2-1-3-7-8/h5,9H,1-4H2. The molecule has 1 rings (SSSR count). The zero-order valence-corrected chi connectivity index (χ0v) is 6.05. The van der Waals surface area contributed by atoms with E-state index in [2.05, 4.69) is 10.1 Å². The topological polar surface area (TPSA) is 47.0 Å². The molecule has 54 valence electrons. The van der Waals surface area contributed by atoms with Crippen molar-refractivity contribution in [3.63, 3.8) is 0 Å². The normalized spacial score (nSPS) is 27.7. The molecule has 5 heteroatoms. The smallest absolute Gasteiger partial charge is 0.132 e. The van der Waals surface area contributed by atoms with Gasteiger partial charge in [-0.25, -0.2) is 0 Å². The molecule has 9 heavy (non-hydrogen) atoms. The highest BCUT2D eigenvalue weighted by atomic mass is 31.1. The van der Waals surface area contributed by atoms with Crippen molar-refractivity contribution in [1.29, 1.82) is 0 Å². The van der Waals surface area contributed by atoms with Crippen LogP contribution in [0.1, 0.15) is 12.8 Å². The maximum absolute atomic E-state index is 10.3. The summed E-state index contributed by atoms with van der Waals surface area (Å²) in [5.41, 5.74) is 0. The monoisotopic (exact) mass is 151 g/mol. The lowest BCUT2D eigenvalue weighted by atomic mass is 10.4. The number of nitrogens with one attached hydrogen (secondary N) is 1. The van der Waals surface area contributed by atoms with Crippen LogP contribution in [0.25, 0.3) is 0 Å². The van der Waals surface area contributed by atoms with E-state index in [0.29, 0.717) is 15.3 Å². The van der Waals surface area contributed by atoms with Crippen molar-refractivity contribution in [2.75, 3.05) is 12.8 Å². The van der Waals surface area contributed by atoms with Gasteiger partial charge in [0, 0.05) is 8.73 Å². The van der Waals surface area contributed by atoms with Gasteiger partial charge >= 0.3 is 0 Å². The molecule has 1 heterocycles. The Labute approximate surface area is 55.5 Å². The minimum atomic E-state index is 0.472. The Balaban J connectivity index is 2.12. The Kier molecular flexibility index (Phi) is 3.40. The van der Waals surface area contributed by atoms with E-state index in [0.717, 1.165) is 19.0 Å². The fourth-order valence-corrected chi connectivity index (χ4v) is 1.30. The first-order chi connectivity index (χ1) is 4.39. The van der Waals surface area contributed by atoms with E-state index in [4.69, 9.17) is 0 Å². The molecule has 1 saturated heterocycles. The van der Waals surface area contributed by atoms with Crippen molar-refractivity contribution in [1.82, 2.24) is 5.25 Å². The number of hydrogen-bond donors (Lipinski definition) is 1. The number of hydrogen-bond acceptors (Lipinski definition) is 3. The summed E-state index contributed by atoms with van der Waals surface area (Å²) in [7, 11) is 0.472. The minimum Gasteiger partial charge on any atom is -0.456 e. The average molecular weight is 151 g/mol. The quantitative estimate of drug-likeness (QED) is 0.292. The van der Waals surface area contributed by atoms with Gasteiger partial charge in [-0.1, -0.05) is 4.89 Å². The van der Waals surface area contributed by atoms with E-state index in [1.807, 2.05) is 0 Å². The second-order valence-corrected chi connectivity index (χ2v) is 2.85. The Hall–Kier alpha value is 0.270. The third kappa shape index (κ3) is 3.08. The summed E-state index contributed by atoms with van der Waals surface area (Å²) in [5, 5.41) is 12.8. The third-order valence-electron chi connectivity index (χ3n) is 1.04. The lowest BCUT2D eigenvalue weighted by molar-refractivity contribution is -0.921. The second-order valence-electron chi connectivity index (χ2n) is 1.79. The molecule has 0 aromatic rings. The van der Waals surface area contributed by atoms with Crippen molar-refractivity contribution < 1.29 is 14.9 Å². The van der Waals surface area contributed by atoms with Crippen LogP contribution in [0.5, 0.6) is 0 Å². The summed E-state index contributed by atoms with van der Waals surface area (Å²) in [6.45, 7) is 0.506. The molecule has 0 radical (unpaired) electrons. The first-order valence-corrected chi connectivity index (χ1v) is 4.14. The van der Waals surface area contributed by atoms with Gasteiger partial charge in [-0.3, -0.25) is 0 Å². The van der Waals surface area contributed by atoms with Gasteiger partial charge in [0.05, 0.1) is 0 Å².